The SMILES string of the molecule is Cn1cccc1C(O)CCNC(=O)COc1ccc(Cl)cc1Cl. The number of nitrogens with zero attached hydrogens (tertiary/aromatic N) is 1. The lowest BCUT2D eigenvalue weighted by Crippen LogP contribution is -2.30. The number of nitrogens with one attached hydrogen (secondary N) is 1. The minimum Gasteiger partial charge on any atom is -0.482 e. The van der Waals surface area contributed by atoms with Crippen LogP contribution in [-0.4, -0.2) is 28.7 Å². The molecule has 0 fully saturated rings. The summed E-state index contributed by atoms with van der Waals surface area (Å²) in [7, 11) is 1.86. The van der Waals surface area contributed by atoms with Gasteiger partial charge >= 0.3 is 0 Å². The summed E-state index contributed by atoms with van der Waals surface area (Å²) >= 11 is 11.7. The first kappa shape index (κ1) is 17.7. The molecule has 0 spiro atoms. The molecular weight excluding hydrogens is 339 g/mol. The van der Waals surface area contributed by atoms with Crippen molar-refractivity contribution in [1.29, 1.82) is 0 Å². The maximum absolute atomic E-state index is 11.7. The Morgan fingerprint density at radius 2 is 2.17 bits per heavy atom. The third-order valence-electron chi connectivity index (χ3n) is 3.32. The van der Waals surface area contributed by atoms with Crippen LogP contribution >= 0.6 is 23.2 Å². The number of aliphatic hydroxyl groups excluding tert-OH is 1. The van der Waals surface area contributed by atoms with Gasteiger partial charge in [0.25, 0.3) is 5.91 Å². The zero-order valence-electron chi connectivity index (χ0n) is 12.6. The van der Waals surface area contributed by atoms with Crippen LogP contribution in [0.1, 0.15) is 18.2 Å². The lowest BCUT2D eigenvalue weighted by molar-refractivity contribution is -0.123. The van der Waals surface area contributed by atoms with E-state index in [9.17, 15) is 9.90 Å². The van der Waals surface area contributed by atoms with E-state index >= 15 is 0 Å². The molecule has 1 aromatic carbocycles. The third-order valence-corrected chi connectivity index (χ3v) is 3.85. The first-order chi connectivity index (χ1) is 11.0. The van der Waals surface area contributed by atoms with Crippen LogP contribution in [0.4, 0.5) is 0 Å². The summed E-state index contributed by atoms with van der Waals surface area (Å²) in [5.74, 6) is 0.116. The van der Waals surface area contributed by atoms with E-state index in [4.69, 9.17) is 27.9 Å². The number of hydrogen-bond donors (Lipinski definition) is 2. The molecule has 0 bridgehead atoms. The van der Waals surface area contributed by atoms with Gasteiger partial charge in [0.05, 0.1) is 11.1 Å². The highest BCUT2D eigenvalue weighted by molar-refractivity contribution is 6.35. The van der Waals surface area contributed by atoms with Gasteiger partial charge < -0.3 is 19.7 Å². The van der Waals surface area contributed by atoms with Gasteiger partial charge in [-0.25, -0.2) is 0 Å². The topological polar surface area (TPSA) is 63.5 Å². The summed E-state index contributed by atoms with van der Waals surface area (Å²) in [6, 6.07) is 8.50. The number of aliphatic hydroxyl groups is 1. The van der Waals surface area contributed by atoms with E-state index in [0.717, 1.165) is 5.69 Å². The van der Waals surface area contributed by atoms with Crippen LogP contribution in [0.5, 0.6) is 5.75 Å². The lowest BCUT2D eigenvalue weighted by Gasteiger charge is -2.13. The summed E-state index contributed by atoms with van der Waals surface area (Å²) in [5.41, 5.74) is 0.809. The Morgan fingerprint density at radius 3 is 2.83 bits per heavy atom. The second-order valence-corrected chi connectivity index (χ2v) is 5.91. The van der Waals surface area contributed by atoms with E-state index < -0.39 is 6.10 Å². The predicted octanol–water partition coefficient (Wildman–Crippen LogP) is 2.95. The van der Waals surface area contributed by atoms with Gasteiger partial charge in [0.2, 0.25) is 0 Å². The highest BCUT2D eigenvalue weighted by atomic mass is 35.5. The normalized spacial score (nSPS) is 12.0. The minimum atomic E-state index is -0.623. The van der Waals surface area contributed by atoms with Crippen molar-refractivity contribution in [1.82, 2.24) is 9.88 Å². The molecule has 2 N–H and O–H groups in total. The maximum atomic E-state index is 11.7. The molecule has 1 heterocycles. The fourth-order valence-corrected chi connectivity index (χ4v) is 2.57. The first-order valence-electron chi connectivity index (χ1n) is 7.11. The standard InChI is InChI=1S/C16H18Cl2N2O3/c1-20-8-2-3-13(20)14(21)6-7-19-16(22)10-23-15-5-4-11(17)9-12(15)18/h2-5,8-9,14,21H,6-7,10H2,1H3,(H,19,22). The fourth-order valence-electron chi connectivity index (χ4n) is 2.10. The Kier molecular flexibility index (Phi) is 6.33. The van der Waals surface area contributed by atoms with Crippen LogP contribution in [0.25, 0.3) is 0 Å². The second-order valence-electron chi connectivity index (χ2n) is 5.06. The van der Waals surface area contributed by atoms with Crippen molar-refractivity contribution in [3.8, 4) is 5.75 Å². The van der Waals surface area contributed by atoms with Crippen molar-refractivity contribution in [2.75, 3.05) is 13.2 Å². The molecular formula is C16H18Cl2N2O3. The summed E-state index contributed by atoms with van der Waals surface area (Å²) in [4.78, 5) is 11.7. The largest absolute Gasteiger partial charge is 0.482 e. The summed E-state index contributed by atoms with van der Waals surface area (Å²) in [5, 5.41) is 13.6. The smallest absolute Gasteiger partial charge is 0.257 e. The average molecular weight is 357 g/mol. The number of amides is 1. The maximum Gasteiger partial charge on any atom is 0.257 e. The molecule has 0 aliphatic rings. The van der Waals surface area contributed by atoms with Gasteiger partial charge in [0.1, 0.15) is 5.75 Å². The number of benzene rings is 1. The molecule has 23 heavy (non-hydrogen) atoms. The van der Waals surface area contributed by atoms with Crippen LogP contribution in [-0.2, 0) is 11.8 Å². The quantitative estimate of drug-likeness (QED) is 0.801. The molecule has 1 amide bonds. The van der Waals surface area contributed by atoms with Crippen molar-refractivity contribution in [3.05, 3.63) is 52.3 Å². The van der Waals surface area contributed by atoms with Crippen LogP contribution in [0.15, 0.2) is 36.5 Å². The van der Waals surface area contributed by atoms with Crippen molar-refractivity contribution in [2.45, 2.75) is 12.5 Å². The molecule has 0 saturated carbocycles. The van der Waals surface area contributed by atoms with Crippen LogP contribution < -0.4 is 10.1 Å². The zero-order valence-corrected chi connectivity index (χ0v) is 14.1. The molecule has 1 atom stereocenters. The van der Waals surface area contributed by atoms with Gasteiger partial charge in [-0.15, -0.1) is 0 Å². The molecule has 1 aromatic heterocycles. The Hall–Kier alpha value is -1.69. The Morgan fingerprint density at radius 1 is 1.39 bits per heavy atom. The summed E-state index contributed by atoms with van der Waals surface area (Å²) < 4.78 is 7.18. The average Bonchev–Trinajstić information content (AvgIpc) is 2.92. The molecule has 2 rings (SSSR count). The van der Waals surface area contributed by atoms with Gasteiger partial charge in [0.15, 0.2) is 6.61 Å². The molecule has 1 unspecified atom stereocenters. The second kappa shape index (κ2) is 8.24. The molecule has 7 heteroatoms. The number of ether oxygens (including phenoxy) is 1. The molecule has 0 aliphatic carbocycles. The number of carbonyl (C=O) groups is 1. The van der Waals surface area contributed by atoms with E-state index in [0.29, 0.717) is 28.8 Å². The predicted molar refractivity (Wildman–Crippen MR) is 90.0 cm³/mol. The van der Waals surface area contributed by atoms with Gasteiger partial charge in [0, 0.05) is 30.5 Å². The molecule has 5 nitrogen and oxygen atoms in total. The fraction of sp³-hybridized carbons (Fsp3) is 0.312. The minimum absolute atomic E-state index is 0.151. The van der Waals surface area contributed by atoms with Gasteiger partial charge in [-0.3, -0.25) is 4.79 Å². The van der Waals surface area contributed by atoms with Crippen LogP contribution in [0.3, 0.4) is 0 Å². The summed E-state index contributed by atoms with van der Waals surface area (Å²) in [6.45, 7) is 0.199. The van der Waals surface area contributed by atoms with Gasteiger partial charge in [-0.05, 0) is 36.8 Å². The van der Waals surface area contributed by atoms with Crippen LogP contribution in [0, 0.1) is 0 Å². The molecule has 0 aliphatic heterocycles. The van der Waals surface area contributed by atoms with Gasteiger partial charge in [-0.2, -0.15) is 0 Å². The van der Waals surface area contributed by atoms with E-state index in [1.165, 1.54) is 0 Å². The molecule has 2 aromatic rings. The third kappa shape index (κ3) is 5.16. The van der Waals surface area contributed by atoms with Crippen molar-refractivity contribution in [2.24, 2.45) is 7.05 Å². The molecule has 124 valence electrons. The Balaban J connectivity index is 1.72. The highest BCUT2D eigenvalue weighted by Crippen LogP contribution is 2.27. The van der Waals surface area contributed by atoms with E-state index in [1.54, 1.807) is 18.2 Å². The number of carbonyl (C=O) groups excluding carboxylic acids is 1. The van der Waals surface area contributed by atoms with Gasteiger partial charge in [-0.1, -0.05) is 23.2 Å². The van der Waals surface area contributed by atoms with E-state index in [1.807, 2.05) is 29.9 Å². The van der Waals surface area contributed by atoms with Crippen molar-refractivity contribution >= 4 is 29.1 Å². The number of aromatic nitrogens is 1. The van der Waals surface area contributed by atoms with Crippen LogP contribution in [0.2, 0.25) is 10.0 Å². The Bertz CT molecular complexity index is 673. The van der Waals surface area contributed by atoms with E-state index in [2.05, 4.69) is 5.32 Å². The number of halogens is 2. The lowest BCUT2D eigenvalue weighted by atomic mass is 10.2. The highest BCUT2D eigenvalue weighted by Gasteiger charge is 2.11. The molecule has 0 radical (unpaired) electrons. The molecule has 0 saturated heterocycles. The zero-order chi connectivity index (χ0) is 16.8. The Labute approximate surface area is 144 Å². The van der Waals surface area contributed by atoms with Crippen molar-refractivity contribution < 1.29 is 14.6 Å². The summed E-state index contributed by atoms with van der Waals surface area (Å²) in [6.07, 6.45) is 1.66. The number of rotatable bonds is 7. The first-order valence-corrected chi connectivity index (χ1v) is 7.87. The monoisotopic (exact) mass is 356 g/mol. The number of hydrogen-bond acceptors (Lipinski definition) is 3. The van der Waals surface area contributed by atoms with E-state index in [-0.39, 0.29) is 12.5 Å². The van der Waals surface area contributed by atoms with Crippen molar-refractivity contribution in [3.63, 3.8) is 0 Å². The number of aryl methyl sites for hydroxylation is 1.